The molecule has 2 heterocycles. The van der Waals surface area contributed by atoms with Gasteiger partial charge in [0.15, 0.2) is 0 Å². The van der Waals surface area contributed by atoms with Crippen LogP contribution in [0.4, 0.5) is 0 Å². The van der Waals surface area contributed by atoms with E-state index in [1.807, 2.05) is 36.4 Å². The summed E-state index contributed by atoms with van der Waals surface area (Å²) in [5.41, 5.74) is 0.298. The van der Waals surface area contributed by atoms with Crippen molar-refractivity contribution < 1.29 is 9.53 Å². The summed E-state index contributed by atoms with van der Waals surface area (Å²) in [7, 11) is 0. The quantitative estimate of drug-likeness (QED) is 0.302. The Morgan fingerprint density at radius 1 is 1.12 bits per heavy atom. The number of nitriles is 1. The van der Waals surface area contributed by atoms with E-state index in [4.69, 9.17) is 27.9 Å². The third-order valence-corrected chi connectivity index (χ3v) is 5.31. The molecule has 0 saturated heterocycles. The van der Waals surface area contributed by atoms with Crippen molar-refractivity contribution in [1.29, 1.82) is 5.26 Å². The zero-order valence-electron chi connectivity index (χ0n) is 17.5. The van der Waals surface area contributed by atoms with Crippen LogP contribution < -0.4 is 15.6 Å². The van der Waals surface area contributed by atoms with Gasteiger partial charge in [-0.1, -0.05) is 59.6 Å². The highest BCUT2D eigenvalue weighted by Crippen LogP contribution is 2.32. The molecule has 0 unspecified atom stereocenters. The van der Waals surface area contributed by atoms with Crippen LogP contribution in [0.25, 0.3) is 11.7 Å². The van der Waals surface area contributed by atoms with Crippen molar-refractivity contribution in [3.05, 3.63) is 110 Å². The Morgan fingerprint density at radius 2 is 1.88 bits per heavy atom. The molecule has 34 heavy (non-hydrogen) atoms. The lowest BCUT2D eigenvalue weighted by molar-refractivity contribution is -0.117. The Balaban J connectivity index is 1.76. The molecular formula is C25H16Cl2N4O3. The second kappa shape index (κ2) is 10.2. The van der Waals surface area contributed by atoms with Crippen molar-refractivity contribution in [1.82, 2.24) is 14.7 Å². The van der Waals surface area contributed by atoms with Crippen LogP contribution in [0.5, 0.6) is 11.6 Å². The first kappa shape index (κ1) is 23.1. The molecule has 9 heteroatoms. The van der Waals surface area contributed by atoms with Crippen LogP contribution in [0.2, 0.25) is 10.0 Å². The maximum absolute atomic E-state index is 13.2. The first-order valence-electron chi connectivity index (χ1n) is 10.0. The second-order valence-electron chi connectivity index (χ2n) is 7.08. The zero-order valence-corrected chi connectivity index (χ0v) is 19.0. The van der Waals surface area contributed by atoms with Crippen LogP contribution in [-0.2, 0) is 11.3 Å². The predicted octanol–water partition coefficient (Wildman–Crippen LogP) is 5.02. The first-order chi connectivity index (χ1) is 16.5. The molecule has 0 aliphatic heterocycles. The number of pyridine rings is 1. The molecule has 1 amide bonds. The fourth-order valence-corrected chi connectivity index (χ4v) is 3.56. The van der Waals surface area contributed by atoms with E-state index in [2.05, 4.69) is 10.3 Å². The Hall–Kier alpha value is -4.12. The van der Waals surface area contributed by atoms with Crippen molar-refractivity contribution in [3.63, 3.8) is 0 Å². The summed E-state index contributed by atoms with van der Waals surface area (Å²) in [6.07, 6.45) is 2.69. The topological polar surface area (TPSA) is 96.5 Å². The number of hydrogen-bond donors (Lipinski definition) is 1. The number of amides is 1. The maximum Gasteiger partial charge on any atom is 0.269 e. The van der Waals surface area contributed by atoms with Gasteiger partial charge in [0.2, 0.25) is 5.88 Å². The second-order valence-corrected chi connectivity index (χ2v) is 7.92. The van der Waals surface area contributed by atoms with E-state index in [9.17, 15) is 14.9 Å². The number of halogens is 2. The van der Waals surface area contributed by atoms with E-state index in [1.165, 1.54) is 22.7 Å². The average molecular weight is 491 g/mol. The molecule has 2 aromatic heterocycles. The fraction of sp³-hybridized carbons (Fsp3) is 0.0400. The molecule has 0 radical (unpaired) electrons. The van der Waals surface area contributed by atoms with Gasteiger partial charge in [0, 0.05) is 17.8 Å². The van der Waals surface area contributed by atoms with Crippen LogP contribution in [-0.4, -0.2) is 15.3 Å². The highest BCUT2D eigenvalue weighted by molar-refractivity contribution is 6.35. The molecule has 7 nitrogen and oxygen atoms in total. The summed E-state index contributed by atoms with van der Waals surface area (Å²) in [6, 6.07) is 20.7. The van der Waals surface area contributed by atoms with Crippen LogP contribution in [0.15, 0.2) is 83.3 Å². The molecule has 0 atom stereocenters. The molecule has 0 fully saturated rings. The monoisotopic (exact) mass is 490 g/mol. The molecule has 4 aromatic rings. The van der Waals surface area contributed by atoms with Gasteiger partial charge in [-0.15, -0.1) is 0 Å². The Morgan fingerprint density at radius 3 is 2.62 bits per heavy atom. The smallest absolute Gasteiger partial charge is 0.269 e. The molecule has 0 spiro atoms. The van der Waals surface area contributed by atoms with Crippen molar-refractivity contribution in [3.8, 4) is 17.7 Å². The van der Waals surface area contributed by atoms with Crippen LogP contribution in [0, 0.1) is 11.3 Å². The lowest BCUT2D eigenvalue weighted by atomic mass is 10.1. The van der Waals surface area contributed by atoms with Crippen molar-refractivity contribution in [2.45, 2.75) is 6.54 Å². The molecule has 168 valence electrons. The summed E-state index contributed by atoms with van der Waals surface area (Å²) in [5, 5.41) is 12.9. The standard InChI is InChI=1S/C25H16Cl2N4O3/c26-18-9-10-21(20(27)13-18)34-24-19(25(33)31-11-5-4-8-22(31)30-24)12-17(14-28)23(32)29-15-16-6-2-1-3-7-16/h1-13H,15H2,(H,29,32). The summed E-state index contributed by atoms with van der Waals surface area (Å²) in [6.45, 7) is 0.220. The molecule has 4 rings (SSSR count). The van der Waals surface area contributed by atoms with Gasteiger partial charge in [0.05, 0.1) is 5.02 Å². The van der Waals surface area contributed by atoms with Gasteiger partial charge in [-0.2, -0.15) is 10.2 Å². The normalized spacial score (nSPS) is 11.1. The summed E-state index contributed by atoms with van der Waals surface area (Å²) in [5.74, 6) is -0.539. The average Bonchev–Trinajstić information content (AvgIpc) is 2.85. The van der Waals surface area contributed by atoms with Crippen molar-refractivity contribution in [2.75, 3.05) is 0 Å². The summed E-state index contributed by atoms with van der Waals surface area (Å²) in [4.78, 5) is 30.3. The van der Waals surface area contributed by atoms with Gasteiger partial charge in [-0.05, 0) is 42.0 Å². The van der Waals surface area contributed by atoms with Crippen molar-refractivity contribution in [2.24, 2.45) is 0 Å². The Labute approximate surface area is 204 Å². The number of aromatic nitrogens is 2. The van der Waals surface area contributed by atoms with Gasteiger partial charge in [0.1, 0.15) is 28.6 Å². The molecular weight excluding hydrogens is 475 g/mol. The minimum absolute atomic E-state index is 0.0823. The fourth-order valence-electron chi connectivity index (χ4n) is 3.11. The van der Waals surface area contributed by atoms with Crippen LogP contribution in [0.1, 0.15) is 11.1 Å². The van der Waals surface area contributed by atoms with Gasteiger partial charge >= 0.3 is 0 Å². The minimum Gasteiger partial charge on any atom is -0.437 e. The predicted molar refractivity (Wildman–Crippen MR) is 130 cm³/mol. The SMILES string of the molecule is N#CC(=Cc1c(Oc2ccc(Cl)cc2Cl)nc2ccccn2c1=O)C(=O)NCc1ccccc1. The Kier molecular flexibility index (Phi) is 6.93. The van der Waals surface area contributed by atoms with E-state index >= 15 is 0 Å². The number of hydrogen-bond acceptors (Lipinski definition) is 5. The van der Waals surface area contributed by atoms with E-state index in [0.29, 0.717) is 10.7 Å². The molecule has 0 bridgehead atoms. The largest absolute Gasteiger partial charge is 0.437 e. The Bertz CT molecular complexity index is 1510. The van der Waals surface area contributed by atoms with E-state index < -0.39 is 11.5 Å². The minimum atomic E-state index is -0.639. The van der Waals surface area contributed by atoms with Gasteiger partial charge in [-0.25, -0.2) is 0 Å². The lowest BCUT2D eigenvalue weighted by Crippen LogP contribution is -2.25. The highest BCUT2D eigenvalue weighted by atomic mass is 35.5. The molecule has 0 saturated carbocycles. The van der Waals surface area contributed by atoms with Gasteiger partial charge in [0.25, 0.3) is 11.5 Å². The number of rotatable bonds is 6. The summed E-state index contributed by atoms with van der Waals surface area (Å²) < 4.78 is 7.13. The zero-order chi connectivity index (χ0) is 24.1. The first-order valence-corrected chi connectivity index (χ1v) is 10.8. The van der Waals surface area contributed by atoms with E-state index in [1.54, 1.807) is 24.3 Å². The van der Waals surface area contributed by atoms with E-state index in [-0.39, 0.29) is 34.3 Å². The molecule has 0 aliphatic carbocycles. The molecule has 2 aromatic carbocycles. The van der Waals surface area contributed by atoms with Crippen LogP contribution in [0.3, 0.4) is 0 Å². The van der Waals surface area contributed by atoms with Gasteiger partial charge < -0.3 is 10.1 Å². The van der Waals surface area contributed by atoms with Crippen molar-refractivity contribution >= 4 is 40.8 Å². The maximum atomic E-state index is 13.2. The third kappa shape index (κ3) is 5.09. The van der Waals surface area contributed by atoms with E-state index in [0.717, 1.165) is 11.6 Å². The van der Waals surface area contributed by atoms with Crippen LogP contribution >= 0.6 is 23.2 Å². The lowest BCUT2D eigenvalue weighted by Gasteiger charge is -2.11. The number of fused-ring (bicyclic) bond motifs is 1. The number of carbonyl (C=O) groups is 1. The molecule has 0 aliphatic rings. The number of benzene rings is 2. The number of nitrogens with one attached hydrogen (secondary N) is 1. The number of ether oxygens (including phenoxy) is 1. The highest BCUT2D eigenvalue weighted by Gasteiger charge is 2.18. The molecule has 1 N–H and O–H groups in total. The van der Waals surface area contributed by atoms with Gasteiger partial charge in [-0.3, -0.25) is 14.0 Å². The summed E-state index contributed by atoms with van der Waals surface area (Å²) >= 11 is 12.2. The third-order valence-electron chi connectivity index (χ3n) is 4.78. The number of carbonyl (C=O) groups excluding carboxylic acids is 1. The number of nitrogens with zero attached hydrogens (tertiary/aromatic N) is 3.